The number of hydrogen-bond donors (Lipinski definition) is 3. The first-order valence-corrected chi connectivity index (χ1v) is 9.16. The van der Waals surface area contributed by atoms with E-state index in [1.165, 1.54) is 11.3 Å². The average Bonchev–Trinajstić information content (AvgIpc) is 2.76. The van der Waals surface area contributed by atoms with Gasteiger partial charge in [0, 0.05) is 12.8 Å². The van der Waals surface area contributed by atoms with Crippen LogP contribution in [0.3, 0.4) is 0 Å². The van der Waals surface area contributed by atoms with Crippen molar-refractivity contribution in [2.24, 2.45) is 0 Å². The van der Waals surface area contributed by atoms with Crippen LogP contribution >= 0.6 is 11.3 Å². The SMILES string of the molecule is Cc1cscc1CNC(=O)NC(CCS(C)(=O)=O)C(=O)O. The molecule has 3 N–H and O–H groups in total. The maximum Gasteiger partial charge on any atom is 0.326 e. The van der Waals surface area contributed by atoms with Crippen molar-refractivity contribution in [2.45, 2.75) is 25.9 Å². The van der Waals surface area contributed by atoms with E-state index in [-0.39, 0.29) is 12.2 Å². The van der Waals surface area contributed by atoms with Gasteiger partial charge in [0.2, 0.25) is 0 Å². The molecule has 7 nitrogen and oxygen atoms in total. The Bertz CT molecular complexity index is 609. The standard InChI is InChI=1S/C12H18N2O5S2/c1-8-6-20-7-9(8)5-13-12(17)14-10(11(15)16)3-4-21(2,18)19/h6-7,10H,3-5H2,1-2H3,(H,15,16)(H2,13,14,17). The van der Waals surface area contributed by atoms with Gasteiger partial charge in [-0.25, -0.2) is 18.0 Å². The van der Waals surface area contributed by atoms with Gasteiger partial charge in [0.1, 0.15) is 15.9 Å². The minimum absolute atomic E-state index is 0.168. The highest BCUT2D eigenvalue weighted by atomic mass is 32.2. The van der Waals surface area contributed by atoms with Crippen LogP contribution in [0.25, 0.3) is 0 Å². The molecule has 0 aromatic carbocycles. The topological polar surface area (TPSA) is 113 Å². The molecule has 1 aromatic heterocycles. The van der Waals surface area contributed by atoms with Gasteiger partial charge in [-0.15, -0.1) is 0 Å². The van der Waals surface area contributed by atoms with Crippen LogP contribution in [0, 0.1) is 6.92 Å². The maximum absolute atomic E-state index is 11.7. The zero-order valence-electron chi connectivity index (χ0n) is 11.8. The van der Waals surface area contributed by atoms with Crippen LogP contribution in [0.1, 0.15) is 17.5 Å². The largest absolute Gasteiger partial charge is 0.480 e. The third-order valence-electron chi connectivity index (χ3n) is 2.78. The molecule has 9 heteroatoms. The summed E-state index contributed by atoms with van der Waals surface area (Å²) in [6.45, 7) is 2.21. The van der Waals surface area contributed by atoms with Crippen LogP contribution in [-0.4, -0.2) is 43.6 Å². The minimum atomic E-state index is -3.28. The summed E-state index contributed by atoms with van der Waals surface area (Å²) in [4.78, 5) is 22.7. The molecule has 0 spiro atoms. The first-order chi connectivity index (χ1) is 9.69. The molecule has 1 unspecified atom stereocenters. The molecule has 0 radical (unpaired) electrons. The number of thiophene rings is 1. The summed E-state index contributed by atoms with van der Waals surface area (Å²) in [6.07, 6.45) is 0.852. The molecule has 0 saturated heterocycles. The van der Waals surface area contributed by atoms with Gasteiger partial charge in [0.05, 0.1) is 5.75 Å². The molecule has 0 fully saturated rings. The quantitative estimate of drug-likeness (QED) is 0.681. The van der Waals surface area contributed by atoms with E-state index in [4.69, 9.17) is 5.11 Å². The molecule has 0 aliphatic heterocycles. The van der Waals surface area contributed by atoms with Crippen molar-refractivity contribution >= 4 is 33.2 Å². The Hall–Kier alpha value is -1.61. The van der Waals surface area contributed by atoms with Crippen molar-refractivity contribution in [2.75, 3.05) is 12.0 Å². The third kappa shape index (κ3) is 6.58. The van der Waals surface area contributed by atoms with Gasteiger partial charge in [-0.05, 0) is 35.2 Å². The van der Waals surface area contributed by atoms with Gasteiger partial charge < -0.3 is 15.7 Å². The van der Waals surface area contributed by atoms with Crippen LogP contribution in [0.15, 0.2) is 10.8 Å². The number of aliphatic carboxylic acids is 1. The monoisotopic (exact) mass is 334 g/mol. The highest BCUT2D eigenvalue weighted by molar-refractivity contribution is 7.90. The van der Waals surface area contributed by atoms with Crippen molar-refractivity contribution in [1.29, 1.82) is 0 Å². The third-order valence-corrected chi connectivity index (χ3v) is 4.67. The summed E-state index contributed by atoms with van der Waals surface area (Å²) in [5.41, 5.74) is 2.00. The molecule has 0 bridgehead atoms. The van der Waals surface area contributed by atoms with Crippen molar-refractivity contribution in [3.8, 4) is 0 Å². The number of rotatable bonds is 7. The van der Waals surface area contributed by atoms with Crippen LogP contribution in [0.4, 0.5) is 4.79 Å². The fraction of sp³-hybridized carbons (Fsp3) is 0.500. The maximum atomic E-state index is 11.7. The highest BCUT2D eigenvalue weighted by Crippen LogP contribution is 2.12. The lowest BCUT2D eigenvalue weighted by Crippen LogP contribution is -2.46. The lowest BCUT2D eigenvalue weighted by Gasteiger charge is -2.14. The van der Waals surface area contributed by atoms with Crippen molar-refractivity contribution in [3.05, 3.63) is 21.9 Å². The Morgan fingerprint density at radius 1 is 1.38 bits per heavy atom. The van der Waals surface area contributed by atoms with Gasteiger partial charge >= 0.3 is 12.0 Å². The molecule has 118 valence electrons. The summed E-state index contributed by atoms with van der Waals surface area (Å²) in [5, 5.41) is 17.6. The van der Waals surface area contributed by atoms with Crippen molar-refractivity contribution in [3.63, 3.8) is 0 Å². The molecule has 1 aromatic rings. The summed E-state index contributed by atoms with van der Waals surface area (Å²) < 4.78 is 22.1. The summed E-state index contributed by atoms with van der Waals surface area (Å²) in [6, 6.07) is -1.87. The Morgan fingerprint density at radius 3 is 2.52 bits per heavy atom. The predicted molar refractivity (Wildman–Crippen MR) is 80.2 cm³/mol. The van der Waals surface area contributed by atoms with E-state index in [2.05, 4.69) is 10.6 Å². The minimum Gasteiger partial charge on any atom is -0.480 e. The molecule has 2 amide bonds. The Morgan fingerprint density at radius 2 is 2.05 bits per heavy atom. The van der Waals surface area contributed by atoms with E-state index >= 15 is 0 Å². The Labute approximate surface area is 127 Å². The molecule has 21 heavy (non-hydrogen) atoms. The van der Waals surface area contributed by atoms with Gasteiger partial charge in [-0.3, -0.25) is 0 Å². The molecular weight excluding hydrogens is 316 g/mol. The molecule has 0 saturated carbocycles. The Balaban J connectivity index is 2.49. The van der Waals surface area contributed by atoms with Gasteiger partial charge in [-0.2, -0.15) is 11.3 Å². The second kappa shape index (κ2) is 7.41. The van der Waals surface area contributed by atoms with E-state index in [0.29, 0.717) is 6.54 Å². The summed E-state index contributed by atoms with van der Waals surface area (Å²) >= 11 is 1.52. The van der Waals surface area contributed by atoms with Crippen LogP contribution in [0.5, 0.6) is 0 Å². The van der Waals surface area contributed by atoms with Crippen molar-refractivity contribution < 1.29 is 23.1 Å². The molecule has 1 rings (SSSR count). The number of aryl methyl sites for hydroxylation is 1. The first kappa shape index (κ1) is 17.4. The predicted octanol–water partition coefficient (Wildman–Crippen LogP) is 0.744. The lowest BCUT2D eigenvalue weighted by atomic mass is 10.2. The van der Waals surface area contributed by atoms with Gasteiger partial charge in [0.25, 0.3) is 0 Å². The number of sulfone groups is 1. The molecule has 0 aliphatic carbocycles. The fourth-order valence-corrected chi connectivity index (χ4v) is 3.06. The summed E-state index contributed by atoms with van der Waals surface area (Å²) in [7, 11) is -3.28. The second-order valence-corrected chi connectivity index (χ2v) is 7.72. The van der Waals surface area contributed by atoms with Gasteiger partial charge in [-0.1, -0.05) is 0 Å². The number of carbonyl (C=O) groups excluding carboxylic acids is 1. The van der Waals surface area contributed by atoms with E-state index in [1.54, 1.807) is 0 Å². The number of hydrogen-bond acceptors (Lipinski definition) is 5. The van der Waals surface area contributed by atoms with E-state index in [0.717, 1.165) is 17.4 Å². The molecular formula is C12H18N2O5S2. The van der Waals surface area contributed by atoms with Crippen molar-refractivity contribution in [1.82, 2.24) is 10.6 Å². The molecule has 0 aliphatic rings. The highest BCUT2D eigenvalue weighted by Gasteiger charge is 2.21. The van der Waals surface area contributed by atoms with Crippen LogP contribution in [0.2, 0.25) is 0 Å². The zero-order chi connectivity index (χ0) is 16.0. The van der Waals surface area contributed by atoms with Crippen LogP contribution < -0.4 is 10.6 Å². The van der Waals surface area contributed by atoms with E-state index in [9.17, 15) is 18.0 Å². The number of carboxylic acid groups (broad SMARTS) is 1. The average molecular weight is 334 g/mol. The number of carboxylic acids is 1. The summed E-state index contributed by atoms with van der Waals surface area (Å²) in [5.74, 6) is -1.56. The molecule has 1 atom stereocenters. The number of urea groups is 1. The smallest absolute Gasteiger partial charge is 0.326 e. The number of nitrogens with one attached hydrogen (secondary N) is 2. The van der Waals surface area contributed by atoms with Crippen LogP contribution in [-0.2, 0) is 21.2 Å². The zero-order valence-corrected chi connectivity index (χ0v) is 13.4. The number of carbonyl (C=O) groups is 2. The Kier molecular flexibility index (Phi) is 6.16. The normalized spacial score (nSPS) is 12.7. The van der Waals surface area contributed by atoms with Gasteiger partial charge in [0.15, 0.2) is 0 Å². The second-order valence-electron chi connectivity index (χ2n) is 4.72. The fourth-order valence-electron chi connectivity index (χ4n) is 1.54. The van der Waals surface area contributed by atoms with E-state index < -0.39 is 27.9 Å². The number of amides is 2. The lowest BCUT2D eigenvalue weighted by molar-refractivity contribution is -0.139. The first-order valence-electron chi connectivity index (χ1n) is 6.15. The van der Waals surface area contributed by atoms with E-state index in [1.807, 2.05) is 17.7 Å². The molecule has 1 heterocycles.